The first kappa shape index (κ1) is 27.7. The number of halogens is 2. The Morgan fingerprint density at radius 2 is 1.93 bits per heavy atom. The van der Waals surface area contributed by atoms with Crippen molar-refractivity contribution in [2.24, 2.45) is 5.92 Å². The number of aliphatic hydroxyl groups is 2. The zero-order valence-electron chi connectivity index (χ0n) is 22.9. The lowest BCUT2D eigenvalue weighted by Crippen LogP contribution is -2.40. The molecule has 1 aromatic carbocycles. The molecule has 0 aliphatic heterocycles. The number of unbranched alkanes of at least 4 members (excludes halogenated alkanes) is 1. The van der Waals surface area contributed by atoms with Gasteiger partial charge in [0.15, 0.2) is 0 Å². The molecule has 0 radical (unpaired) electrons. The van der Waals surface area contributed by atoms with Crippen LogP contribution in [0.2, 0.25) is 10.0 Å². The van der Waals surface area contributed by atoms with Gasteiger partial charge in [-0.05, 0) is 70.7 Å². The number of rotatable bonds is 11. The number of hydrogen-bond acceptors (Lipinski definition) is 7. The van der Waals surface area contributed by atoms with Gasteiger partial charge < -0.3 is 30.0 Å². The molecule has 2 fully saturated rings. The zero-order valence-corrected chi connectivity index (χ0v) is 24.4. The van der Waals surface area contributed by atoms with E-state index in [9.17, 15) is 10.2 Å². The Morgan fingerprint density at radius 1 is 1.12 bits per heavy atom. The summed E-state index contributed by atoms with van der Waals surface area (Å²) in [6, 6.07) is 6.21. The Kier molecular flexibility index (Phi) is 7.94. The third-order valence-corrected chi connectivity index (χ3v) is 9.16. The molecule has 3 aromatic heterocycles. The third kappa shape index (κ3) is 5.67. The summed E-state index contributed by atoms with van der Waals surface area (Å²) in [4.78, 5) is 19.4. The summed E-state index contributed by atoms with van der Waals surface area (Å²) in [5.41, 5.74) is 2.52. The monoisotopic (exact) mass is 585 g/mol. The molecule has 4 atom stereocenters. The van der Waals surface area contributed by atoms with Gasteiger partial charge in [0, 0.05) is 37.2 Å². The number of fused-ring (bicyclic) bond motifs is 2. The van der Waals surface area contributed by atoms with Crippen LogP contribution in [0.4, 0.5) is 5.82 Å². The van der Waals surface area contributed by atoms with Crippen molar-refractivity contribution in [3.63, 3.8) is 0 Å². The molecule has 11 heteroatoms. The molecular weight excluding hydrogens is 549 g/mol. The minimum absolute atomic E-state index is 0.0318. The molecule has 2 aliphatic rings. The normalized spacial score (nSPS) is 23.3. The fraction of sp³-hybridized carbons (Fsp3) is 0.552. The first-order chi connectivity index (χ1) is 19.3. The van der Waals surface area contributed by atoms with E-state index in [-0.39, 0.29) is 12.0 Å². The number of aromatic amines is 1. The van der Waals surface area contributed by atoms with Crippen molar-refractivity contribution in [1.82, 2.24) is 29.4 Å². The van der Waals surface area contributed by atoms with Gasteiger partial charge >= 0.3 is 0 Å². The van der Waals surface area contributed by atoms with Crippen LogP contribution in [0, 0.1) is 5.92 Å². The number of aliphatic hydroxyl groups excluding tert-OH is 2. The van der Waals surface area contributed by atoms with Crippen LogP contribution in [0.15, 0.2) is 30.7 Å². The number of aryl methyl sites for hydroxylation is 1. The summed E-state index contributed by atoms with van der Waals surface area (Å²) in [5.74, 6) is 1.74. The van der Waals surface area contributed by atoms with Gasteiger partial charge in [-0.3, -0.25) is 0 Å². The van der Waals surface area contributed by atoms with Crippen LogP contribution in [0.1, 0.15) is 57.8 Å². The first-order valence-electron chi connectivity index (χ1n) is 14.3. The quantitative estimate of drug-likeness (QED) is 0.179. The van der Waals surface area contributed by atoms with E-state index < -0.39 is 12.2 Å². The molecule has 0 bridgehead atoms. The smallest absolute Gasteiger partial charge is 0.145 e. The van der Waals surface area contributed by atoms with Crippen molar-refractivity contribution < 1.29 is 10.2 Å². The van der Waals surface area contributed by atoms with Crippen LogP contribution in [0.5, 0.6) is 0 Å². The van der Waals surface area contributed by atoms with Crippen LogP contribution in [-0.4, -0.2) is 77.0 Å². The summed E-state index contributed by atoms with van der Waals surface area (Å²) in [5, 5.41) is 27.6. The van der Waals surface area contributed by atoms with Crippen LogP contribution >= 0.6 is 23.2 Å². The summed E-state index contributed by atoms with van der Waals surface area (Å²) in [6.45, 7) is 6.02. The molecule has 2 saturated carbocycles. The van der Waals surface area contributed by atoms with Crippen LogP contribution in [0.25, 0.3) is 22.1 Å². The van der Waals surface area contributed by atoms with E-state index in [4.69, 9.17) is 23.2 Å². The molecule has 4 aromatic rings. The number of benzene rings is 1. The molecular formula is C29H37Cl2N7O2. The van der Waals surface area contributed by atoms with Crippen molar-refractivity contribution in [3.8, 4) is 0 Å². The van der Waals surface area contributed by atoms with E-state index in [1.54, 1.807) is 12.4 Å². The molecule has 214 valence electrons. The van der Waals surface area contributed by atoms with E-state index in [1.165, 1.54) is 0 Å². The summed E-state index contributed by atoms with van der Waals surface area (Å²) in [7, 11) is 0. The topological polar surface area (TPSA) is 115 Å². The van der Waals surface area contributed by atoms with Crippen molar-refractivity contribution in [3.05, 3.63) is 46.6 Å². The highest BCUT2D eigenvalue weighted by Crippen LogP contribution is 2.39. The van der Waals surface area contributed by atoms with Gasteiger partial charge in [0.2, 0.25) is 0 Å². The molecule has 0 saturated heterocycles. The van der Waals surface area contributed by atoms with E-state index in [0.717, 1.165) is 78.9 Å². The summed E-state index contributed by atoms with van der Waals surface area (Å²) in [6.07, 6.45) is 7.75. The van der Waals surface area contributed by atoms with Gasteiger partial charge in [-0.15, -0.1) is 0 Å². The second kappa shape index (κ2) is 11.4. The standard InChI is InChI=1S/C29H37Cl2N7O2/c1-16(2)37(9-4-3-5-25-35-22-12-20(30)21(31)13-23(22)36-25)14-17-11-24(27(40)26(17)39)38-10-8-19-28(34-18-6-7-18)32-15-33-29(19)38/h8,10,12-13,15-18,24,26-27,39-40H,3-7,9,11,14H2,1-2H3,(H,35,36)(H,32,33,34)/t17-,24-,26-,27+/m1/s1. The van der Waals surface area contributed by atoms with E-state index >= 15 is 0 Å². The largest absolute Gasteiger partial charge is 0.390 e. The molecule has 0 amide bonds. The highest BCUT2D eigenvalue weighted by molar-refractivity contribution is 6.42. The summed E-state index contributed by atoms with van der Waals surface area (Å²) >= 11 is 12.3. The molecule has 6 rings (SSSR count). The Labute approximate surface area is 243 Å². The van der Waals surface area contributed by atoms with Gasteiger partial charge in [-0.2, -0.15) is 0 Å². The maximum Gasteiger partial charge on any atom is 0.145 e. The average Bonchev–Trinajstić information content (AvgIpc) is 3.39. The van der Waals surface area contributed by atoms with Crippen LogP contribution < -0.4 is 5.32 Å². The lowest BCUT2D eigenvalue weighted by molar-refractivity contribution is -0.00171. The maximum absolute atomic E-state index is 11.1. The van der Waals surface area contributed by atoms with Crippen molar-refractivity contribution in [2.45, 2.75) is 82.7 Å². The highest BCUT2D eigenvalue weighted by Gasteiger charge is 2.43. The van der Waals surface area contributed by atoms with Crippen molar-refractivity contribution >= 4 is 51.1 Å². The van der Waals surface area contributed by atoms with E-state index in [1.807, 2.05) is 22.9 Å². The second-order valence-corrected chi connectivity index (χ2v) is 12.5. The maximum atomic E-state index is 11.1. The Bertz CT molecular complexity index is 1450. The third-order valence-electron chi connectivity index (χ3n) is 8.44. The molecule has 2 aliphatic carbocycles. The lowest BCUT2D eigenvalue weighted by atomic mass is 10.0. The molecule has 0 unspecified atom stereocenters. The number of H-pyrrole nitrogens is 1. The Morgan fingerprint density at radius 3 is 2.70 bits per heavy atom. The number of imidazole rings is 1. The Hall–Kier alpha value is -2.43. The predicted octanol–water partition coefficient (Wildman–Crippen LogP) is 5.20. The fourth-order valence-electron chi connectivity index (χ4n) is 5.98. The van der Waals surface area contributed by atoms with Gasteiger partial charge in [-0.25, -0.2) is 15.0 Å². The first-order valence-corrected chi connectivity index (χ1v) is 15.1. The predicted molar refractivity (Wildman–Crippen MR) is 159 cm³/mol. The molecule has 9 nitrogen and oxygen atoms in total. The van der Waals surface area contributed by atoms with Gasteiger partial charge in [0.25, 0.3) is 0 Å². The number of anilines is 1. The number of hydrogen-bond donors (Lipinski definition) is 4. The van der Waals surface area contributed by atoms with Gasteiger partial charge in [0.05, 0.1) is 38.6 Å². The van der Waals surface area contributed by atoms with Crippen LogP contribution in [0.3, 0.4) is 0 Å². The minimum Gasteiger partial charge on any atom is -0.390 e. The molecule has 4 N–H and O–H groups in total. The van der Waals surface area contributed by atoms with Gasteiger partial charge in [-0.1, -0.05) is 23.2 Å². The number of nitrogens with zero attached hydrogens (tertiary/aromatic N) is 5. The SMILES string of the molecule is CC(C)N(CCCCc1nc2cc(Cl)c(Cl)cc2[nH]1)C[C@H]1C[C@@H](n2ccc3c(NC4CC4)ncnc32)[C@H](O)[C@@H]1O. The number of aromatic nitrogens is 5. The second-order valence-electron chi connectivity index (χ2n) is 11.7. The molecule has 3 heterocycles. The van der Waals surface area contributed by atoms with Crippen molar-refractivity contribution in [2.75, 3.05) is 18.4 Å². The van der Waals surface area contributed by atoms with Crippen molar-refractivity contribution in [1.29, 1.82) is 0 Å². The fourth-order valence-corrected chi connectivity index (χ4v) is 6.30. The summed E-state index contributed by atoms with van der Waals surface area (Å²) < 4.78 is 2.02. The lowest BCUT2D eigenvalue weighted by Gasteiger charge is -2.30. The Balaban J connectivity index is 1.07. The zero-order chi connectivity index (χ0) is 28.0. The minimum atomic E-state index is -0.848. The number of nitrogens with one attached hydrogen (secondary N) is 2. The van der Waals surface area contributed by atoms with Gasteiger partial charge in [0.1, 0.15) is 29.7 Å². The highest BCUT2D eigenvalue weighted by atomic mass is 35.5. The van der Waals surface area contributed by atoms with E-state index in [2.05, 4.69) is 44.0 Å². The van der Waals surface area contributed by atoms with E-state index in [0.29, 0.717) is 28.5 Å². The molecule has 40 heavy (non-hydrogen) atoms. The van der Waals surface area contributed by atoms with Crippen LogP contribution in [-0.2, 0) is 6.42 Å². The molecule has 0 spiro atoms. The average molecular weight is 587 g/mol.